The first kappa shape index (κ1) is 78.9. The number of aliphatic hydroxyl groups excluding tert-OH is 2. The molecule has 0 aliphatic carbocycles. The van der Waals surface area contributed by atoms with Crippen molar-refractivity contribution in [2.75, 3.05) is 13.2 Å². The van der Waals surface area contributed by atoms with E-state index in [1.165, 1.54) is 128 Å². The Morgan fingerprint density at radius 3 is 1.16 bits per heavy atom. The second kappa shape index (κ2) is 60.2. The highest BCUT2D eigenvalue weighted by molar-refractivity contribution is 5.74. The zero-order valence-corrected chi connectivity index (χ0v) is 54.1. The maximum absolute atomic E-state index is 13.2. The molecule has 0 saturated carbocycles. The summed E-state index contributed by atoms with van der Waals surface area (Å²) in [5.74, 6) is -3.16. The molecule has 12 nitrogen and oxygen atoms in total. The van der Waals surface area contributed by atoms with Crippen molar-refractivity contribution >= 4 is 23.9 Å². The molecule has 488 valence electrons. The summed E-state index contributed by atoms with van der Waals surface area (Å²) in [6.07, 6.45) is 66.8. The SMILES string of the molecule is CC/C=C\C/C=C\C/C=C\C/C=C\C/C=C\CCCCCC(=O)OC1C(OCC(COC(=O)CCCCCCCCCCCCCCCCCCCCC)OC(=O)CCCCCCCCC/C=C\C/C=C\CCCCC)OC(C(=O)O)C(O)C1O. The van der Waals surface area contributed by atoms with Crippen molar-refractivity contribution in [1.82, 2.24) is 0 Å². The predicted octanol–water partition coefficient (Wildman–Crippen LogP) is 19.0. The van der Waals surface area contributed by atoms with Crippen LogP contribution >= 0.6 is 0 Å². The zero-order valence-electron chi connectivity index (χ0n) is 54.1. The average Bonchev–Trinajstić information content (AvgIpc) is 2.79. The number of unbranched alkanes of at least 4 members (excludes halogenated alkanes) is 31. The second-order valence-corrected chi connectivity index (χ2v) is 23.4. The molecular weight excluding hydrogens is 1070 g/mol. The highest BCUT2D eigenvalue weighted by Gasteiger charge is 2.50. The number of ether oxygens (including phenoxy) is 5. The lowest BCUT2D eigenvalue weighted by atomic mass is 9.98. The van der Waals surface area contributed by atoms with Crippen LogP contribution in [0.1, 0.15) is 303 Å². The fourth-order valence-electron chi connectivity index (χ4n) is 10.2. The number of carbonyl (C=O) groups is 4. The molecule has 0 aromatic heterocycles. The van der Waals surface area contributed by atoms with E-state index in [2.05, 4.69) is 106 Å². The third kappa shape index (κ3) is 49.6. The van der Waals surface area contributed by atoms with Crippen LogP contribution < -0.4 is 0 Å². The monoisotopic (exact) mass is 1190 g/mol. The molecule has 0 radical (unpaired) electrons. The molecule has 6 atom stereocenters. The molecule has 1 fully saturated rings. The predicted molar refractivity (Wildman–Crippen MR) is 349 cm³/mol. The van der Waals surface area contributed by atoms with Gasteiger partial charge in [-0.2, -0.15) is 0 Å². The van der Waals surface area contributed by atoms with Gasteiger partial charge in [0.2, 0.25) is 0 Å². The highest BCUT2D eigenvalue weighted by Crippen LogP contribution is 2.27. The highest BCUT2D eigenvalue weighted by atomic mass is 16.7. The van der Waals surface area contributed by atoms with Crippen LogP contribution in [0.25, 0.3) is 0 Å². The molecule has 1 aliphatic rings. The van der Waals surface area contributed by atoms with Gasteiger partial charge in [-0.05, 0) is 96.3 Å². The quantitative estimate of drug-likeness (QED) is 0.0228. The van der Waals surface area contributed by atoms with Crippen LogP contribution in [-0.4, -0.2) is 89.2 Å². The smallest absolute Gasteiger partial charge is 0.335 e. The zero-order chi connectivity index (χ0) is 61.7. The number of allylic oxidation sites excluding steroid dienone is 14. The fourth-order valence-corrected chi connectivity index (χ4v) is 10.2. The van der Waals surface area contributed by atoms with Crippen LogP contribution in [0, 0.1) is 0 Å². The van der Waals surface area contributed by atoms with Gasteiger partial charge in [-0.3, -0.25) is 14.4 Å². The summed E-state index contributed by atoms with van der Waals surface area (Å²) < 4.78 is 28.6. The lowest BCUT2D eigenvalue weighted by molar-refractivity contribution is -0.301. The van der Waals surface area contributed by atoms with Crippen molar-refractivity contribution in [2.45, 2.75) is 340 Å². The number of carboxylic acid groups (broad SMARTS) is 1. The van der Waals surface area contributed by atoms with Gasteiger partial charge in [0.25, 0.3) is 0 Å². The maximum atomic E-state index is 13.2. The first-order chi connectivity index (χ1) is 41.6. The second-order valence-electron chi connectivity index (χ2n) is 23.4. The molecule has 12 heteroatoms. The topological polar surface area (TPSA) is 175 Å². The molecule has 0 spiro atoms. The Bertz CT molecular complexity index is 1800. The number of esters is 3. The third-order valence-electron chi connectivity index (χ3n) is 15.5. The number of hydrogen-bond donors (Lipinski definition) is 3. The van der Waals surface area contributed by atoms with Gasteiger partial charge < -0.3 is 39.0 Å². The molecule has 1 saturated heterocycles. The van der Waals surface area contributed by atoms with Crippen molar-refractivity contribution in [1.29, 1.82) is 0 Å². The molecule has 85 heavy (non-hydrogen) atoms. The van der Waals surface area contributed by atoms with Gasteiger partial charge in [0.15, 0.2) is 24.6 Å². The van der Waals surface area contributed by atoms with Gasteiger partial charge in [0.1, 0.15) is 18.8 Å². The molecule has 6 unspecified atom stereocenters. The minimum Gasteiger partial charge on any atom is -0.479 e. The van der Waals surface area contributed by atoms with Gasteiger partial charge in [-0.1, -0.05) is 273 Å². The van der Waals surface area contributed by atoms with Crippen molar-refractivity contribution in [3.8, 4) is 0 Å². The van der Waals surface area contributed by atoms with Crippen molar-refractivity contribution < 1.29 is 58.2 Å². The molecule has 3 N–H and O–H groups in total. The Kier molecular flexibility index (Phi) is 55.9. The molecule has 1 rings (SSSR count). The van der Waals surface area contributed by atoms with Crippen LogP contribution in [0.4, 0.5) is 0 Å². The standard InChI is InChI=1S/C73H124O12/c1-4-7-10-13-16-19-22-25-28-31-33-36-38-41-44-47-50-53-56-59-65(74)81-62-64(83-66(75)60-57-54-51-48-45-42-39-35-30-27-24-21-18-15-12-9-6-3)63-82-73-71(69(78)68(77)70(85-73)72(79)80)84-67(76)61-58-55-52-49-46-43-40-37-34-32-29-26-23-20-17-14-11-8-5-2/h8,11,17-18,20-21,26-27,29-30,34,37,43,46,64,68-71,73,77-78H,4-7,9-10,12-16,19,22-25,28,31-33,35-36,38-42,44-45,47-63H2,1-3H3,(H,79,80)/b11-8-,20-17-,21-18-,29-26-,30-27-,37-34-,46-43-. The normalized spacial score (nSPS) is 18.0. The summed E-state index contributed by atoms with van der Waals surface area (Å²) in [6, 6.07) is 0. The summed E-state index contributed by atoms with van der Waals surface area (Å²) in [4.78, 5) is 51.5. The first-order valence-corrected chi connectivity index (χ1v) is 34.6. The van der Waals surface area contributed by atoms with E-state index in [-0.39, 0.29) is 25.9 Å². The maximum Gasteiger partial charge on any atom is 0.335 e. The van der Waals surface area contributed by atoms with Crippen LogP contribution in [0.2, 0.25) is 0 Å². The van der Waals surface area contributed by atoms with E-state index in [0.717, 1.165) is 116 Å². The molecule has 0 aromatic rings. The number of aliphatic carboxylic acids is 1. The molecule has 0 amide bonds. The van der Waals surface area contributed by atoms with E-state index in [1.807, 2.05) is 0 Å². The van der Waals surface area contributed by atoms with Gasteiger partial charge in [0, 0.05) is 19.3 Å². The van der Waals surface area contributed by atoms with Gasteiger partial charge in [-0.25, -0.2) is 4.79 Å². The van der Waals surface area contributed by atoms with E-state index in [1.54, 1.807) is 0 Å². The average molecular weight is 1190 g/mol. The van der Waals surface area contributed by atoms with Crippen LogP contribution in [0.5, 0.6) is 0 Å². The number of aliphatic hydroxyl groups is 2. The summed E-state index contributed by atoms with van der Waals surface area (Å²) >= 11 is 0. The van der Waals surface area contributed by atoms with Crippen LogP contribution in [-0.2, 0) is 42.9 Å². The number of carbonyl (C=O) groups excluding carboxylic acids is 3. The lowest BCUT2D eigenvalue weighted by Crippen LogP contribution is -2.61. The Morgan fingerprint density at radius 1 is 0.400 bits per heavy atom. The lowest BCUT2D eigenvalue weighted by Gasteiger charge is -2.40. The molecule has 1 aliphatic heterocycles. The Hall–Kier alpha value is -4.10. The Morgan fingerprint density at radius 2 is 0.741 bits per heavy atom. The van der Waals surface area contributed by atoms with E-state index < -0.39 is 67.3 Å². The largest absolute Gasteiger partial charge is 0.479 e. The van der Waals surface area contributed by atoms with Crippen molar-refractivity contribution in [2.24, 2.45) is 0 Å². The Balaban J connectivity index is 2.66. The first-order valence-electron chi connectivity index (χ1n) is 34.6. The summed E-state index contributed by atoms with van der Waals surface area (Å²) in [6.45, 7) is 5.89. The molecule has 1 heterocycles. The van der Waals surface area contributed by atoms with Crippen molar-refractivity contribution in [3.63, 3.8) is 0 Å². The fraction of sp³-hybridized carbons (Fsp3) is 0.753. The van der Waals surface area contributed by atoms with Crippen LogP contribution in [0.15, 0.2) is 85.1 Å². The van der Waals surface area contributed by atoms with Gasteiger partial charge >= 0.3 is 23.9 Å². The number of hydrogen-bond acceptors (Lipinski definition) is 11. The van der Waals surface area contributed by atoms with E-state index in [9.17, 15) is 34.5 Å². The van der Waals surface area contributed by atoms with Crippen molar-refractivity contribution in [3.05, 3.63) is 85.1 Å². The summed E-state index contributed by atoms with van der Waals surface area (Å²) in [7, 11) is 0. The number of rotatable bonds is 59. The number of carboxylic acids is 1. The third-order valence-corrected chi connectivity index (χ3v) is 15.5. The summed E-state index contributed by atoms with van der Waals surface area (Å²) in [5.41, 5.74) is 0. The van der Waals surface area contributed by atoms with Gasteiger partial charge in [-0.15, -0.1) is 0 Å². The van der Waals surface area contributed by atoms with Gasteiger partial charge in [0.05, 0.1) is 6.61 Å². The van der Waals surface area contributed by atoms with E-state index >= 15 is 0 Å². The minimum atomic E-state index is -1.92. The summed E-state index contributed by atoms with van der Waals surface area (Å²) in [5, 5.41) is 31.6. The molecular formula is C73H124O12. The minimum absolute atomic E-state index is 0.0188. The van der Waals surface area contributed by atoms with E-state index in [0.29, 0.717) is 19.3 Å². The molecule has 0 aromatic carbocycles. The Labute approximate surface area is 518 Å². The van der Waals surface area contributed by atoms with Crippen LogP contribution in [0.3, 0.4) is 0 Å². The van der Waals surface area contributed by atoms with E-state index in [4.69, 9.17) is 23.7 Å². The molecule has 0 bridgehead atoms.